The summed E-state index contributed by atoms with van der Waals surface area (Å²) in [6.07, 6.45) is 0. The standard InChI is InChI=1S/C15H9ClFNO2S/c1-20-15(19)8-5-12(18-13(16)6-8)10-7-21-14-9(10)3-2-4-11(14)17/h2-7H,1H3. The summed E-state index contributed by atoms with van der Waals surface area (Å²) in [6.45, 7) is 0. The van der Waals surface area contributed by atoms with Crippen LogP contribution < -0.4 is 0 Å². The number of benzene rings is 1. The molecule has 3 aromatic rings. The molecule has 0 fully saturated rings. The van der Waals surface area contributed by atoms with E-state index in [9.17, 15) is 9.18 Å². The molecule has 3 rings (SSSR count). The zero-order valence-electron chi connectivity index (χ0n) is 10.9. The molecule has 3 nitrogen and oxygen atoms in total. The average Bonchev–Trinajstić information content (AvgIpc) is 2.91. The molecule has 0 aliphatic heterocycles. The van der Waals surface area contributed by atoms with Gasteiger partial charge in [-0.3, -0.25) is 0 Å². The summed E-state index contributed by atoms with van der Waals surface area (Å²) in [7, 11) is 1.30. The van der Waals surface area contributed by atoms with Crippen molar-refractivity contribution in [1.29, 1.82) is 0 Å². The normalized spacial score (nSPS) is 10.8. The molecule has 0 radical (unpaired) electrons. The molecule has 106 valence electrons. The highest BCUT2D eigenvalue weighted by molar-refractivity contribution is 7.17. The van der Waals surface area contributed by atoms with Crippen LogP contribution >= 0.6 is 22.9 Å². The first kappa shape index (κ1) is 14.0. The Labute approximate surface area is 129 Å². The maximum atomic E-state index is 13.7. The first-order valence-electron chi connectivity index (χ1n) is 6.02. The third-order valence-corrected chi connectivity index (χ3v) is 4.24. The van der Waals surface area contributed by atoms with Gasteiger partial charge < -0.3 is 4.74 Å². The molecule has 0 spiro atoms. The first-order chi connectivity index (χ1) is 10.1. The van der Waals surface area contributed by atoms with Crippen LogP contribution in [0.1, 0.15) is 10.4 Å². The Kier molecular flexibility index (Phi) is 3.61. The Balaban J connectivity index is 2.21. The summed E-state index contributed by atoms with van der Waals surface area (Å²) in [5.74, 6) is -0.773. The number of ether oxygens (including phenoxy) is 1. The molecule has 0 aliphatic rings. The molecule has 0 aliphatic carbocycles. The predicted molar refractivity (Wildman–Crippen MR) is 81.4 cm³/mol. The van der Waals surface area contributed by atoms with Crippen LogP contribution in [0, 0.1) is 5.82 Å². The van der Waals surface area contributed by atoms with Crippen molar-refractivity contribution in [2.45, 2.75) is 0 Å². The van der Waals surface area contributed by atoms with E-state index >= 15 is 0 Å². The highest BCUT2D eigenvalue weighted by Crippen LogP contribution is 2.35. The lowest BCUT2D eigenvalue weighted by molar-refractivity contribution is 0.0600. The zero-order valence-corrected chi connectivity index (χ0v) is 12.5. The fourth-order valence-corrected chi connectivity index (χ4v) is 3.27. The molecule has 0 bridgehead atoms. The van der Waals surface area contributed by atoms with Crippen molar-refractivity contribution in [2.24, 2.45) is 0 Å². The van der Waals surface area contributed by atoms with Crippen LogP contribution in [-0.4, -0.2) is 18.1 Å². The number of hydrogen-bond donors (Lipinski definition) is 0. The van der Waals surface area contributed by atoms with Gasteiger partial charge in [-0.2, -0.15) is 0 Å². The van der Waals surface area contributed by atoms with Gasteiger partial charge in [0.05, 0.1) is 23.1 Å². The van der Waals surface area contributed by atoms with Gasteiger partial charge in [0.25, 0.3) is 0 Å². The van der Waals surface area contributed by atoms with Gasteiger partial charge in [0.2, 0.25) is 0 Å². The molecule has 0 atom stereocenters. The van der Waals surface area contributed by atoms with Crippen LogP contribution in [-0.2, 0) is 4.74 Å². The highest BCUT2D eigenvalue weighted by atomic mass is 35.5. The zero-order chi connectivity index (χ0) is 15.0. The summed E-state index contributed by atoms with van der Waals surface area (Å²) in [5.41, 5.74) is 1.56. The number of esters is 1. The fraction of sp³-hybridized carbons (Fsp3) is 0.0667. The van der Waals surface area contributed by atoms with Crippen LogP contribution in [0.4, 0.5) is 4.39 Å². The maximum absolute atomic E-state index is 13.7. The van der Waals surface area contributed by atoms with Gasteiger partial charge in [-0.15, -0.1) is 11.3 Å². The monoisotopic (exact) mass is 321 g/mol. The molecule has 0 amide bonds. The second-order valence-corrected chi connectivity index (χ2v) is 5.59. The van der Waals surface area contributed by atoms with E-state index in [1.165, 1.54) is 30.6 Å². The third kappa shape index (κ3) is 2.50. The van der Waals surface area contributed by atoms with E-state index in [0.29, 0.717) is 16.0 Å². The van der Waals surface area contributed by atoms with Crippen LogP contribution in [0.15, 0.2) is 35.7 Å². The van der Waals surface area contributed by atoms with Gasteiger partial charge in [-0.05, 0) is 18.2 Å². The Hall–Kier alpha value is -1.98. The van der Waals surface area contributed by atoms with Crippen molar-refractivity contribution in [2.75, 3.05) is 7.11 Å². The molecular formula is C15H9ClFNO2S. The smallest absolute Gasteiger partial charge is 0.338 e. The molecule has 0 N–H and O–H groups in total. The number of pyridine rings is 1. The summed E-state index contributed by atoms with van der Waals surface area (Å²) in [4.78, 5) is 15.9. The minimum atomic E-state index is -0.494. The largest absolute Gasteiger partial charge is 0.465 e. The van der Waals surface area contributed by atoms with Gasteiger partial charge in [-0.1, -0.05) is 23.7 Å². The van der Waals surface area contributed by atoms with Crippen molar-refractivity contribution in [3.8, 4) is 11.3 Å². The predicted octanol–water partition coefficient (Wildman–Crippen LogP) is 4.54. The van der Waals surface area contributed by atoms with E-state index in [1.807, 2.05) is 6.07 Å². The Morgan fingerprint density at radius 3 is 2.95 bits per heavy atom. The van der Waals surface area contributed by atoms with Crippen LogP contribution in [0.5, 0.6) is 0 Å². The molecule has 2 heterocycles. The van der Waals surface area contributed by atoms with Crippen molar-refractivity contribution in [3.05, 3.63) is 52.2 Å². The fourth-order valence-electron chi connectivity index (χ4n) is 2.09. The van der Waals surface area contributed by atoms with Crippen LogP contribution in [0.3, 0.4) is 0 Å². The number of methoxy groups -OCH3 is 1. The van der Waals surface area contributed by atoms with Crippen molar-refractivity contribution in [1.82, 2.24) is 4.98 Å². The Morgan fingerprint density at radius 1 is 1.38 bits per heavy atom. The second kappa shape index (κ2) is 5.42. The minimum absolute atomic E-state index is 0.184. The van der Waals surface area contributed by atoms with E-state index in [-0.39, 0.29) is 11.0 Å². The minimum Gasteiger partial charge on any atom is -0.465 e. The maximum Gasteiger partial charge on any atom is 0.338 e. The SMILES string of the molecule is COC(=O)c1cc(Cl)nc(-c2csc3c(F)cccc23)c1. The van der Waals surface area contributed by atoms with Gasteiger partial charge >= 0.3 is 5.97 Å². The van der Waals surface area contributed by atoms with Crippen LogP contribution in [0.2, 0.25) is 5.15 Å². The first-order valence-corrected chi connectivity index (χ1v) is 7.28. The molecule has 6 heteroatoms. The number of carbonyl (C=O) groups excluding carboxylic acids is 1. The summed E-state index contributed by atoms with van der Waals surface area (Å²) < 4.78 is 19.0. The Bertz CT molecular complexity index is 847. The van der Waals surface area contributed by atoms with Crippen molar-refractivity contribution in [3.63, 3.8) is 0 Å². The van der Waals surface area contributed by atoms with Gasteiger partial charge in [0, 0.05) is 16.3 Å². The summed E-state index contributed by atoms with van der Waals surface area (Å²) >= 11 is 7.25. The number of fused-ring (bicyclic) bond motifs is 1. The summed E-state index contributed by atoms with van der Waals surface area (Å²) in [5, 5.41) is 2.72. The molecule has 0 saturated heterocycles. The molecule has 0 saturated carbocycles. The average molecular weight is 322 g/mol. The van der Waals surface area contributed by atoms with E-state index in [0.717, 1.165) is 10.9 Å². The van der Waals surface area contributed by atoms with E-state index in [4.69, 9.17) is 11.6 Å². The third-order valence-electron chi connectivity index (χ3n) is 3.04. The molecule has 1 aromatic carbocycles. The number of halogens is 2. The van der Waals surface area contributed by atoms with Crippen LogP contribution in [0.25, 0.3) is 21.3 Å². The van der Waals surface area contributed by atoms with Gasteiger partial charge in [0.1, 0.15) is 11.0 Å². The van der Waals surface area contributed by atoms with Gasteiger partial charge in [-0.25, -0.2) is 14.2 Å². The number of aromatic nitrogens is 1. The Morgan fingerprint density at radius 2 is 2.19 bits per heavy atom. The molecule has 21 heavy (non-hydrogen) atoms. The lowest BCUT2D eigenvalue weighted by Gasteiger charge is -2.04. The van der Waals surface area contributed by atoms with E-state index in [2.05, 4.69) is 9.72 Å². The van der Waals surface area contributed by atoms with E-state index in [1.54, 1.807) is 17.5 Å². The number of rotatable bonds is 2. The molecule has 0 unspecified atom stereocenters. The number of nitrogens with zero attached hydrogens (tertiary/aromatic N) is 1. The van der Waals surface area contributed by atoms with Gasteiger partial charge in [0.15, 0.2) is 0 Å². The van der Waals surface area contributed by atoms with E-state index < -0.39 is 5.97 Å². The quantitative estimate of drug-likeness (QED) is 0.514. The summed E-state index contributed by atoms with van der Waals surface area (Å²) in [6, 6.07) is 7.88. The molecular weight excluding hydrogens is 313 g/mol. The number of carbonyl (C=O) groups is 1. The van der Waals surface area contributed by atoms with Crippen molar-refractivity contribution >= 4 is 39.0 Å². The lowest BCUT2D eigenvalue weighted by Crippen LogP contribution is -2.02. The topological polar surface area (TPSA) is 39.2 Å². The number of hydrogen-bond acceptors (Lipinski definition) is 4. The lowest BCUT2D eigenvalue weighted by atomic mass is 10.1. The van der Waals surface area contributed by atoms with Crippen molar-refractivity contribution < 1.29 is 13.9 Å². The second-order valence-electron chi connectivity index (χ2n) is 4.32. The highest BCUT2D eigenvalue weighted by Gasteiger charge is 2.14. The number of thiophene rings is 1. The molecule has 2 aromatic heterocycles.